The average molecular weight is 298 g/mol. The Labute approximate surface area is 121 Å². The van der Waals surface area contributed by atoms with Crippen molar-refractivity contribution in [1.29, 1.82) is 0 Å². The first kappa shape index (κ1) is 14.4. The molecule has 2 aromatic heterocycles. The van der Waals surface area contributed by atoms with E-state index in [2.05, 4.69) is 14.9 Å². The lowest BCUT2D eigenvalue weighted by atomic mass is 10.3. The molecule has 0 unspecified atom stereocenters. The Morgan fingerprint density at radius 3 is 2.75 bits per heavy atom. The maximum absolute atomic E-state index is 11.5. The summed E-state index contributed by atoms with van der Waals surface area (Å²) in [6.45, 7) is 2.36. The van der Waals surface area contributed by atoms with Crippen molar-refractivity contribution in [1.82, 2.24) is 19.6 Å². The molecular weight excluding hydrogens is 282 g/mol. The molecule has 2 heterocycles. The van der Waals surface area contributed by atoms with Crippen LogP contribution in [0.15, 0.2) is 6.20 Å². The highest BCUT2D eigenvalue weighted by Gasteiger charge is 2.18. The Balaban J connectivity index is 2.31. The quantitative estimate of drug-likeness (QED) is 0.858. The number of nitrogens with two attached hydrogens (primary N) is 1. The van der Waals surface area contributed by atoms with Crippen LogP contribution in [0.25, 0.3) is 0 Å². The Morgan fingerprint density at radius 1 is 1.50 bits per heavy atom. The first-order chi connectivity index (χ1) is 9.47. The fourth-order valence-electron chi connectivity index (χ4n) is 1.92. The third-order valence-corrected chi connectivity index (χ3v) is 3.42. The van der Waals surface area contributed by atoms with Crippen molar-refractivity contribution >= 4 is 23.3 Å². The highest BCUT2D eigenvalue weighted by molar-refractivity contribution is 6.31. The van der Waals surface area contributed by atoms with Gasteiger partial charge in [-0.2, -0.15) is 10.2 Å². The standard InChI is InChI=1S/C12H16ClN5O2/c1-4-8-10(13)9(17(2)15-8)6-18-5-7(14)11(16-18)12(19)20-3/h5H,4,6,14H2,1-3H3. The number of hydrogen-bond donors (Lipinski definition) is 1. The largest absolute Gasteiger partial charge is 0.464 e. The molecule has 0 aromatic carbocycles. The van der Waals surface area contributed by atoms with E-state index in [9.17, 15) is 4.79 Å². The first-order valence-electron chi connectivity index (χ1n) is 6.09. The van der Waals surface area contributed by atoms with Crippen LogP contribution in [0.2, 0.25) is 5.02 Å². The van der Waals surface area contributed by atoms with Crippen LogP contribution in [0.5, 0.6) is 0 Å². The number of carbonyl (C=O) groups is 1. The number of aryl methyl sites for hydroxylation is 2. The van der Waals surface area contributed by atoms with Crippen LogP contribution in [0.4, 0.5) is 5.69 Å². The zero-order valence-electron chi connectivity index (χ0n) is 11.6. The Hall–Kier alpha value is -2.02. The van der Waals surface area contributed by atoms with Gasteiger partial charge in [0.25, 0.3) is 0 Å². The maximum Gasteiger partial charge on any atom is 0.360 e. The molecule has 0 amide bonds. The van der Waals surface area contributed by atoms with Crippen molar-refractivity contribution in [3.63, 3.8) is 0 Å². The molecule has 0 fully saturated rings. The number of nitrogens with zero attached hydrogens (tertiary/aromatic N) is 4. The minimum absolute atomic E-state index is 0.0986. The lowest BCUT2D eigenvalue weighted by Gasteiger charge is -2.03. The normalized spacial score (nSPS) is 10.8. The molecule has 0 aliphatic carbocycles. The maximum atomic E-state index is 11.5. The summed E-state index contributed by atoms with van der Waals surface area (Å²) < 4.78 is 7.86. The molecule has 2 N–H and O–H groups in total. The molecule has 108 valence electrons. The highest BCUT2D eigenvalue weighted by Crippen LogP contribution is 2.22. The van der Waals surface area contributed by atoms with Crippen LogP contribution in [-0.4, -0.2) is 32.6 Å². The van der Waals surface area contributed by atoms with Crippen molar-refractivity contribution < 1.29 is 9.53 Å². The van der Waals surface area contributed by atoms with Gasteiger partial charge in [-0.05, 0) is 6.42 Å². The van der Waals surface area contributed by atoms with E-state index in [-0.39, 0.29) is 11.4 Å². The second-order valence-electron chi connectivity index (χ2n) is 4.31. The lowest BCUT2D eigenvalue weighted by Crippen LogP contribution is -2.09. The van der Waals surface area contributed by atoms with E-state index in [0.29, 0.717) is 11.6 Å². The SMILES string of the molecule is CCc1nn(C)c(Cn2cc(N)c(C(=O)OC)n2)c1Cl. The van der Waals surface area contributed by atoms with E-state index < -0.39 is 5.97 Å². The second-order valence-corrected chi connectivity index (χ2v) is 4.68. The van der Waals surface area contributed by atoms with Crippen molar-refractivity contribution in [3.8, 4) is 0 Å². The molecular formula is C12H16ClN5O2. The van der Waals surface area contributed by atoms with Crippen LogP contribution in [0.3, 0.4) is 0 Å². The summed E-state index contributed by atoms with van der Waals surface area (Å²) in [4.78, 5) is 11.5. The topological polar surface area (TPSA) is 88.0 Å². The zero-order chi connectivity index (χ0) is 14.9. The molecule has 0 spiro atoms. The monoisotopic (exact) mass is 297 g/mol. The van der Waals surface area contributed by atoms with Crippen LogP contribution < -0.4 is 5.73 Å². The molecule has 0 saturated heterocycles. The molecule has 2 aromatic rings. The van der Waals surface area contributed by atoms with Crippen molar-refractivity contribution in [2.24, 2.45) is 7.05 Å². The first-order valence-corrected chi connectivity index (χ1v) is 6.47. The summed E-state index contributed by atoms with van der Waals surface area (Å²) in [6.07, 6.45) is 2.32. The molecule has 8 heteroatoms. The summed E-state index contributed by atoms with van der Waals surface area (Å²) in [6, 6.07) is 0. The van der Waals surface area contributed by atoms with Crippen molar-refractivity contribution in [2.75, 3.05) is 12.8 Å². The lowest BCUT2D eigenvalue weighted by molar-refractivity contribution is 0.0594. The number of methoxy groups -OCH3 is 1. The number of anilines is 1. The molecule has 0 atom stereocenters. The Kier molecular flexibility index (Phi) is 3.99. The highest BCUT2D eigenvalue weighted by atomic mass is 35.5. The van der Waals surface area contributed by atoms with Gasteiger partial charge >= 0.3 is 5.97 Å². The van der Waals surface area contributed by atoms with Gasteiger partial charge < -0.3 is 10.5 Å². The predicted molar refractivity (Wildman–Crippen MR) is 74.7 cm³/mol. The van der Waals surface area contributed by atoms with Gasteiger partial charge in [0.05, 0.1) is 35.8 Å². The molecule has 0 aliphatic heterocycles. The Morgan fingerprint density at radius 2 is 2.20 bits per heavy atom. The van der Waals surface area contributed by atoms with Crippen molar-refractivity contribution in [3.05, 3.63) is 28.3 Å². The fraction of sp³-hybridized carbons (Fsp3) is 0.417. The van der Waals surface area contributed by atoms with E-state index in [1.807, 2.05) is 14.0 Å². The number of nitrogen functional groups attached to an aromatic ring is 1. The minimum Gasteiger partial charge on any atom is -0.464 e. The summed E-state index contributed by atoms with van der Waals surface area (Å²) >= 11 is 6.27. The molecule has 20 heavy (non-hydrogen) atoms. The van der Waals surface area contributed by atoms with Gasteiger partial charge in [-0.25, -0.2) is 4.79 Å². The molecule has 2 rings (SSSR count). The van der Waals surface area contributed by atoms with Crippen LogP contribution >= 0.6 is 11.6 Å². The second kappa shape index (κ2) is 5.54. The zero-order valence-corrected chi connectivity index (χ0v) is 12.3. The van der Waals surface area contributed by atoms with Gasteiger partial charge in [0.15, 0.2) is 5.69 Å². The number of ether oxygens (including phenoxy) is 1. The number of carbonyl (C=O) groups excluding carboxylic acids is 1. The summed E-state index contributed by atoms with van der Waals surface area (Å²) in [5.74, 6) is -0.563. The fourth-order valence-corrected chi connectivity index (χ4v) is 2.27. The number of esters is 1. The van der Waals surface area contributed by atoms with E-state index in [0.717, 1.165) is 17.8 Å². The van der Waals surface area contributed by atoms with Crippen LogP contribution in [-0.2, 0) is 24.8 Å². The van der Waals surface area contributed by atoms with Crippen LogP contribution in [0, 0.1) is 0 Å². The van der Waals surface area contributed by atoms with Gasteiger partial charge in [0.2, 0.25) is 0 Å². The van der Waals surface area contributed by atoms with Gasteiger partial charge in [-0.1, -0.05) is 18.5 Å². The number of rotatable bonds is 4. The van der Waals surface area contributed by atoms with E-state index in [1.165, 1.54) is 7.11 Å². The van der Waals surface area contributed by atoms with Gasteiger partial charge in [0.1, 0.15) is 0 Å². The Bertz CT molecular complexity index is 647. The predicted octanol–water partition coefficient (Wildman–Crippen LogP) is 1.25. The third-order valence-electron chi connectivity index (χ3n) is 2.98. The summed E-state index contributed by atoms with van der Waals surface area (Å²) in [5.41, 5.74) is 7.75. The van der Waals surface area contributed by atoms with Crippen LogP contribution in [0.1, 0.15) is 28.8 Å². The molecule has 0 aliphatic rings. The number of halogens is 1. The van der Waals surface area contributed by atoms with E-state index in [1.54, 1.807) is 15.6 Å². The average Bonchev–Trinajstić information content (AvgIpc) is 2.92. The number of aromatic nitrogens is 4. The smallest absolute Gasteiger partial charge is 0.360 e. The molecule has 7 nitrogen and oxygen atoms in total. The number of hydrogen-bond acceptors (Lipinski definition) is 5. The minimum atomic E-state index is -0.563. The molecule has 0 radical (unpaired) electrons. The van der Waals surface area contributed by atoms with E-state index >= 15 is 0 Å². The molecule has 0 saturated carbocycles. The summed E-state index contributed by atoms with van der Waals surface area (Å²) in [7, 11) is 3.10. The van der Waals surface area contributed by atoms with Crippen molar-refractivity contribution in [2.45, 2.75) is 19.9 Å². The molecule has 0 bridgehead atoms. The van der Waals surface area contributed by atoms with E-state index in [4.69, 9.17) is 17.3 Å². The van der Waals surface area contributed by atoms with Gasteiger partial charge in [-0.15, -0.1) is 0 Å². The summed E-state index contributed by atoms with van der Waals surface area (Å²) in [5, 5.41) is 9.05. The van der Waals surface area contributed by atoms with Gasteiger partial charge in [-0.3, -0.25) is 9.36 Å². The van der Waals surface area contributed by atoms with Gasteiger partial charge in [0, 0.05) is 13.2 Å². The third kappa shape index (κ3) is 2.49.